The van der Waals surface area contributed by atoms with E-state index in [2.05, 4.69) is 43.3 Å². The van der Waals surface area contributed by atoms with Gasteiger partial charge in [0.05, 0.1) is 0 Å². The number of hydrogen-bond acceptors (Lipinski definition) is 2. The number of nitrogens with zero attached hydrogens (tertiary/aromatic N) is 1. The lowest BCUT2D eigenvalue weighted by molar-refractivity contribution is 0.197. The van der Waals surface area contributed by atoms with Crippen molar-refractivity contribution in [2.75, 3.05) is 26.8 Å². The summed E-state index contributed by atoms with van der Waals surface area (Å²) in [5.41, 5.74) is 0. The number of guanidine groups is 1. The Morgan fingerprint density at radius 3 is 2.50 bits per heavy atom. The largest absolute Gasteiger partial charge is 0.385 e. The highest BCUT2D eigenvalue weighted by Crippen LogP contribution is 1.99. The first kappa shape index (κ1) is 15.2. The van der Waals surface area contributed by atoms with E-state index in [1.165, 1.54) is 0 Å². The molecule has 0 saturated heterocycles. The molecule has 4 nitrogen and oxygen atoms in total. The van der Waals surface area contributed by atoms with Gasteiger partial charge >= 0.3 is 0 Å². The molecule has 0 radical (unpaired) electrons. The van der Waals surface area contributed by atoms with Gasteiger partial charge in [0.1, 0.15) is 0 Å². The van der Waals surface area contributed by atoms with E-state index in [0.717, 1.165) is 32.1 Å². The summed E-state index contributed by atoms with van der Waals surface area (Å²) in [6.45, 7) is 11.1. The molecule has 0 bridgehead atoms. The van der Waals surface area contributed by atoms with Crippen LogP contribution in [0.1, 0.15) is 34.1 Å². The molecule has 4 heteroatoms. The van der Waals surface area contributed by atoms with E-state index < -0.39 is 0 Å². The molecule has 0 amide bonds. The first-order valence-electron chi connectivity index (χ1n) is 6.15. The monoisotopic (exact) mass is 229 g/mol. The summed E-state index contributed by atoms with van der Waals surface area (Å²) in [6.07, 6.45) is 0.961. The zero-order valence-electron chi connectivity index (χ0n) is 11.3. The summed E-state index contributed by atoms with van der Waals surface area (Å²) in [5.74, 6) is 1.50. The van der Waals surface area contributed by atoms with Crippen molar-refractivity contribution in [1.82, 2.24) is 10.6 Å². The van der Waals surface area contributed by atoms with Crippen LogP contribution < -0.4 is 10.6 Å². The number of ether oxygens (including phenoxy) is 1. The Balaban J connectivity index is 4.04. The molecule has 0 aromatic carbocycles. The molecule has 0 rings (SSSR count). The molecule has 2 N–H and O–H groups in total. The van der Waals surface area contributed by atoms with Gasteiger partial charge in [-0.05, 0) is 26.2 Å². The van der Waals surface area contributed by atoms with Crippen LogP contribution >= 0.6 is 0 Å². The van der Waals surface area contributed by atoms with Gasteiger partial charge < -0.3 is 15.4 Å². The molecule has 96 valence electrons. The molecule has 0 heterocycles. The van der Waals surface area contributed by atoms with Crippen LogP contribution in [0.25, 0.3) is 0 Å². The van der Waals surface area contributed by atoms with Crippen molar-refractivity contribution < 1.29 is 4.74 Å². The number of nitrogens with one attached hydrogen (secondary N) is 2. The number of hydrogen-bond donors (Lipinski definition) is 2. The summed E-state index contributed by atoms with van der Waals surface area (Å²) in [6, 6.07) is 0.431. The van der Waals surface area contributed by atoms with Gasteiger partial charge in [0.25, 0.3) is 0 Å². The van der Waals surface area contributed by atoms with E-state index in [1.807, 2.05) is 0 Å². The summed E-state index contributed by atoms with van der Waals surface area (Å²) in [4.78, 5) is 4.49. The molecule has 0 spiro atoms. The van der Waals surface area contributed by atoms with E-state index in [9.17, 15) is 0 Å². The lowest BCUT2D eigenvalue weighted by atomic mass is 10.1. The molecule has 0 aliphatic carbocycles. The maximum Gasteiger partial charge on any atom is 0.191 e. The number of methoxy groups -OCH3 is 1. The van der Waals surface area contributed by atoms with Crippen LogP contribution in [0, 0.1) is 5.92 Å². The highest BCUT2D eigenvalue weighted by molar-refractivity contribution is 5.80. The maximum absolute atomic E-state index is 4.99. The predicted octanol–water partition coefficient (Wildman–Crippen LogP) is 1.62. The smallest absolute Gasteiger partial charge is 0.191 e. The van der Waals surface area contributed by atoms with E-state index in [0.29, 0.717) is 12.0 Å². The van der Waals surface area contributed by atoms with Gasteiger partial charge in [-0.25, -0.2) is 0 Å². The SMILES string of the molecule is CCNC(=NCCCOC)NC(C)C(C)C. The van der Waals surface area contributed by atoms with Gasteiger partial charge in [-0.3, -0.25) is 4.99 Å². The zero-order chi connectivity index (χ0) is 12.4. The quantitative estimate of drug-likeness (QED) is 0.396. The Kier molecular flexibility index (Phi) is 9.00. The maximum atomic E-state index is 4.99. The van der Waals surface area contributed by atoms with Gasteiger partial charge in [0, 0.05) is 32.8 Å². The highest BCUT2D eigenvalue weighted by atomic mass is 16.5. The van der Waals surface area contributed by atoms with Crippen molar-refractivity contribution in [3.8, 4) is 0 Å². The first-order chi connectivity index (χ1) is 7.61. The molecule has 1 atom stereocenters. The molecule has 16 heavy (non-hydrogen) atoms. The molecule has 0 aromatic rings. The number of aliphatic imine (C=N–C) groups is 1. The fourth-order valence-electron chi connectivity index (χ4n) is 1.10. The molecule has 0 aliphatic rings. The Labute approximate surface area is 99.9 Å². The van der Waals surface area contributed by atoms with Gasteiger partial charge in [-0.1, -0.05) is 13.8 Å². The predicted molar refractivity (Wildman–Crippen MR) is 69.9 cm³/mol. The topological polar surface area (TPSA) is 45.7 Å². The van der Waals surface area contributed by atoms with Crippen LogP contribution in [0.15, 0.2) is 4.99 Å². The molecule has 0 saturated carbocycles. The summed E-state index contributed by atoms with van der Waals surface area (Å²) in [5, 5.41) is 6.64. The summed E-state index contributed by atoms with van der Waals surface area (Å²) >= 11 is 0. The van der Waals surface area contributed by atoms with Crippen molar-refractivity contribution in [1.29, 1.82) is 0 Å². The normalized spacial score (nSPS) is 14.0. The first-order valence-corrected chi connectivity index (χ1v) is 6.15. The third-order valence-electron chi connectivity index (χ3n) is 2.49. The van der Waals surface area contributed by atoms with Crippen LogP contribution in [0.2, 0.25) is 0 Å². The lowest BCUT2D eigenvalue weighted by Gasteiger charge is -2.20. The fourth-order valence-corrected chi connectivity index (χ4v) is 1.10. The Bertz CT molecular complexity index is 193. The van der Waals surface area contributed by atoms with Crippen molar-refractivity contribution in [2.24, 2.45) is 10.9 Å². The Morgan fingerprint density at radius 1 is 1.31 bits per heavy atom. The number of rotatable bonds is 7. The van der Waals surface area contributed by atoms with Crippen LogP contribution in [0.3, 0.4) is 0 Å². The van der Waals surface area contributed by atoms with Crippen molar-refractivity contribution in [2.45, 2.75) is 40.2 Å². The Morgan fingerprint density at radius 2 is 2.00 bits per heavy atom. The summed E-state index contributed by atoms with van der Waals surface area (Å²) in [7, 11) is 1.72. The van der Waals surface area contributed by atoms with Crippen molar-refractivity contribution in [3.63, 3.8) is 0 Å². The molecule has 1 unspecified atom stereocenters. The van der Waals surface area contributed by atoms with Gasteiger partial charge in [-0.2, -0.15) is 0 Å². The van der Waals surface area contributed by atoms with E-state index in [-0.39, 0.29) is 0 Å². The average Bonchev–Trinajstić information content (AvgIpc) is 2.24. The van der Waals surface area contributed by atoms with Crippen LogP contribution in [0.4, 0.5) is 0 Å². The van der Waals surface area contributed by atoms with E-state index >= 15 is 0 Å². The lowest BCUT2D eigenvalue weighted by Crippen LogP contribution is -2.44. The second kappa shape index (κ2) is 9.46. The van der Waals surface area contributed by atoms with Crippen molar-refractivity contribution >= 4 is 5.96 Å². The molecule has 0 aromatic heterocycles. The fraction of sp³-hybridized carbons (Fsp3) is 0.917. The van der Waals surface area contributed by atoms with Crippen LogP contribution in [0.5, 0.6) is 0 Å². The second-order valence-electron chi connectivity index (χ2n) is 4.28. The van der Waals surface area contributed by atoms with Crippen LogP contribution in [-0.2, 0) is 4.74 Å². The molecule has 0 aliphatic heterocycles. The van der Waals surface area contributed by atoms with E-state index in [4.69, 9.17) is 4.74 Å². The second-order valence-corrected chi connectivity index (χ2v) is 4.28. The third kappa shape index (κ3) is 7.51. The zero-order valence-corrected chi connectivity index (χ0v) is 11.3. The molecular formula is C12H27N3O. The standard InChI is InChI=1S/C12H27N3O/c1-6-13-12(14-8-7-9-16-5)15-11(4)10(2)3/h10-11H,6-9H2,1-5H3,(H2,13,14,15). The van der Waals surface area contributed by atoms with Gasteiger partial charge in [-0.15, -0.1) is 0 Å². The van der Waals surface area contributed by atoms with Gasteiger partial charge in [0.15, 0.2) is 5.96 Å². The minimum absolute atomic E-state index is 0.431. The summed E-state index contributed by atoms with van der Waals surface area (Å²) < 4.78 is 4.99. The van der Waals surface area contributed by atoms with E-state index in [1.54, 1.807) is 7.11 Å². The average molecular weight is 229 g/mol. The van der Waals surface area contributed by atoms with Crippen molar-refractivity contribution in [3.05, 3.63) is 0 Å². The Hall–Kier alpha value is -0.770. The molecular weight excluding hydrogens is 202 g/mol. The third-order valence-corrected chi connectivity index (χ3v) is 2.49. The minimum Gasteiger partial charge on any atom is -0.385 e. The molecule has 0 fully saturated rings. The minimum atomic E-state index is 0.431. The highest BCUT2D eigenvalue weighted by Gasteiger charge is 2.08. The van der Waals surface area contributed by atoms with Crippen LogP contribution in [-0.4, -0.2) is 38.8 Å². The van der Waals surface area contributed by atoms with Gasteiger partial charge in [0.2, 0.25) is 0 Å².